The fourth-order valence-corrected chi connectivity index (χ4v) is 2.17. The molecule has 0 aromatic heterocycles. The third-order valence-corrected chi connectivity index (χ3v) is 2.96. The molecule has 0 radical (unpaired) electrons. The largest absolute Gasteiger partial charge is 0.393 e. The molecule has 0 spiro atoms. The van der Waals surface area contributed by atoms with E-state index in [9.17, 15) is 5.11 Å². The minimum Gasteiger partial charge on any atom is -0.393 e. The quantitative estimate of drug-likeness (QED) is 0.539. The van der Waals surface area contributed by atoms with Crippen LogP contribution >= 0.6 is 0 Å². The lowest BCUT2D eigenvalue weighted by Crippen LogP contribution is -2.59. The maximum Gasteiger partial charge on any atom is 0.144 e. The minimum absolute atomic E-state index is 0.116. The maximum atomic E-state index is 9.89. The molecule has 2 aliphatic rings. The van der Waals surface area contributed by atoms with Crippen molar-refractivity contribution in [3.63, 3.8) is 0 Å². The summed E-state index contributed by atoms with van der Waals surface area (Å²) in [6.07, 6.45) is -0.791. The fraction of sp³-hybridized carbons (Fsp3) is 1.00. The molecular weight excluding hydrogens is 174 g/mol. The van der Waals surface area contributed by atoms with Crippen molar-refractivity contribution in [2.45, 2.75) is 30.8 Å². The highest BCUT2D eigenvalue weighted by atomic mass is 16.7. The number of nitrogens with zero attached hydrogens (tertiary/aromatic N) is 1. The first kappa shape index (κ1) is 9.36. The second-order valence-electron chi connectivity index (χ2n) is 3.80. The molecule has 2 saturated heterocycles. The van der Waals surface area contributed by atoms with Crippen LogP contribution in [-0.4, -0.2) is 59.4 Å². The van der Waals surface area contributed by atoms with Gasteiger partial charge in [-0.25, -0.2) is 0 Å². The lowest BCUT2D eigenvalue weighted by Gasteiger charge is -2.38. The summed E-state index contributed by atoms with van der Waals surface area (Å²) in [5.74, 6) is 0. The third kappa shape index (κ3) is 1.12. The molecule has 2 aliphatic heterocycles. The van der Waals surface area contributed by atoms with Crippen LogP contribution in [0, 0.1) is 0 Å². The number of rotatable bonds is 1. The molecule has 13 heavy (non-hydrogen) atoms. The summed E-state index contributed by atoms with van der Waals surface area (Å²) >= 11 is 0. The zero-order chi connectivity index (χ0) is 9.64. The van der Waals surface area contributed by atoms with Crippen LogP contribution in [0.5, 0.6) is 0 Å². The van der Waals surface area contributed by atoms with E-state index in [4.69, 9.17) is 14.7 Å². The topological polar surface area (TPSA) is 62.2 Å². The Balaban J connectivity index is 2.27. The van der Waals surface area contributed by atoms with Gasteiger partial charge in [-0.05, 0) is 6.92 Å². The Morgan fingerprint density at radius 3 is 2.92 bits per heavy atom. The van der Waals surface area contributed by atoms with Gasteiger partial charge in [-0.1, -0.05) is 0 Å². The second-order valence-corrected chi connectivity index (χ2v) is 3.80. The van der Waals surface area contributed by atoms with Crippen LogP contribution in [0.3, 0.4) is 0 Å². The van der Waals surface area contributed by atoms with Crippen LogP contribution in [-0.2, 0) is 9.57 Å². The molecule has 2 rings (SSSR count). The fourth-order valence-electron chi connectivity index (χ4n) is 2.17. The number of hydrogen-bond acceptors (Lipinski definition) is 5. The summed E-state index contributed by atoms with van der Waals surface area (Å²) in [6.45, 7) is 1.88. The summed E-state index contributed by atoms with van der Waals surface area (Å²) in [5, 5.41) is 20.7. The van der Waals surface area contributed by atoms with Crippen molar-refractivity contribution >= 4 is 0 Å². The molecule has 2 N–H and O–H groups in total. The first-order valence-electron chi connectivity index (χ1n) is 4.43. The van der Waals surface area contributed by atoms with Crippen LogP contribution in [0.15, 0.2) is 0 Å². The molecule has 4 atom stereocenters. The molecule has 1 unspecified atom stereocenters. The molecule has 0 amide bonds. The van der Waals surface area contributed by atoms with Gasteiger partial charge in [0.05, 0.1) is 18.8 Å². The van der Waals surface area contributed by atoms with Crippen LogP contribution in [0.2, 0.25) is 0 Å². The monoisotopic (exact) mass is 189 g/mol. The van der Waals surface area contributed by atoms with Gasteiger partial charge in [0.25, 0.3) is 0 Å². The number of aliphatic hydroxyl groups excluding tert-OH is 2. The average molecular weight is 189 g/mol. The van der Waals surface area contributed by atoms with Crippen LogP contribution < -0.4 is 0 Å². The van der Waals surface area contributed by atoms with Crippen molar-refractivity contribution in [1.82, 2.24) is 5.06 Å². The zero-order valence-electron chi connectivity index (χ0n) is 7.80. The molecule has 0 aliphatic carbocycles. The van der Waals surface area contributed by atoms with Crippen molar-refractivity contribution < 1.29 is 19.8 Å². The number of hydroxylamine groups is 2. The van der Waals surface area contributed by atoms with E-state index in [1.54, 1.807) is 12.1 Å². The van der Waals surface area contributed by atoms with Crippen LogP contribution in [0.4, 0.5) is 0 Å². The van der Waals surface area contributed by atoms with Crippen LogP contribution in [0.25, 0.3) is 0 Å². The van der Waals surface area contributed by atoms with E-state index in [-0.39, 0.29) is 25.4 Å². The Labute approximate surface area is 76.8 Å². The molecule has 5 heteroatoms. The Morgan fingerprint density at radius 2 is 2.31 bits per heavy atom. The highest BCUT2D eigenvalue weighted by molar-refractivity contribution is 5.05. The summed E-state index contributed by atoms with van der Waals surface area (Å²) < 4.78 is 5.54. The van der Waals surface area contributed by atoms with Gasteiger partial charge in [0.1, 0.15) is 18.3 Å². The van der Waals surface area contributed by atoms with E-state index >= 15 is 0 Å². The van der Waals surface area contributed by atoms with E-state index < -0.39 is 11.7 Å². The molecule has 2 bridgehead atoms. The molecule has 2 heterocycles. The van der Waals surface area contributed by atoms with Crippen molar-refractivity contribution in [3.8, 4) is 0 Å². The molecule has 5 nitrogen and oxygen atoms in total. The van der Waals surface area contributed by atoms with Gasteiger partial charge in [-0.3, -0.25) is 4.84 Å². The maximum absolute atomic E-state index is 9.89. The van der Waals surface area contributed by atoms with Crippen molar-refractivity contribution in [3.05, 3.63) is 0 Å². The summed E-state index contributed by atoms with van der Waals surface area (Å²) in [4.78, 5) is 5.29. The minimum atomic E-state index is -0.906. The molecular formula is C8H15NO4. The summed E-state index contributed by atoms with van der Waals surface area (Å²) in [5.41, 5.74) is -0.906. The van der Waals surface area contributed by atoms with Gasteiger partial charge in [0.2, 0.25) is 0 Å². The van der Waals surface area contributed by atoms with Gasteiger partial charge < -0.3 is 14.9 Å². The van der Waals surface area contributed by atoms with E-state index in [0.29, 0.717) is 0 Å². The number of aliphatic hydroxyl groups is 2. The standard InChI is InChI=1S/C8H15NO4/c1-5-6-7(11)8(3-10,13-5)4-12-9(6)2/h5-7,10-11H,3-4H2,1-2H3/t5-,6?,7+,8-/m0/s1. The molecule has 0 saturated carbocycles. The van der Waals surface area contributed by atoms with Crippen LogP contribution in [0.1, 0.15) is 6.92 Å². The van der Waals surface area contributed by atoms with Gasteiger partial charge in [-0.2, -0.15) is 5.06 Å². The molecule has 0 aromatic rings. The summed E-state index contributed by atoms with van der Waals surface area (Å²) in [6, 6.07) is -0.180. The Morgan fingerprint density at radius 1 is 1.62 bits per heavy atom. The van der Waals surface area contributed by atoms with E-state index in [2.05, 4.69) is 0 Å². The molecule has 76 valence electrons. The first-order valence-corrected chi connectivity index (χ1v) is 4.43. The predicted octanol–water partition coefficient (Wildman–Crippen LogP) is -1.26. The average Bonchev–Trinajstić information content (AvgIpc) is 2.25. The molecule has 2 fully saturated rings. The van der Waals surface area contributed by atoms with Crippen molar-refractivity contribution in [1.29, 1.82) is 0 Å². The Hall–Kier alpha value is -0.200. The SMILES string of the molecule is C[C@@H]1O[C@@]2(CO)CON(C)C1[C@H]2O. The van der Waals surface area contributed by atoms with E-state index in [1.807, 2.05) is 6.92 Å². The normalized spacial score (nSPS) is 51.2. The van der Waals surface area contributed by atoms with E-state index in [1.165, 1.54) is 0 Å². The van der Waals surface area contributed by atoms with Gasteiger partial charge >= 0.3 is 0 Å². The lowest BCUT2D eigenvalue weighted by atomic mass is 9.93. The lowest BCUT2D eigenvalue weighted by molar-refractivity contribution is -0.255. The van der Waals surface area contributed by atoms with Crippen molar-refractivity contribution in [2.24, 2.45) is 0 Å². The Kier molecular flexibility index (Phi) is 2.08. The van der Waals surface area contributed by atoms with Gasteiger partial charge in [0.15, 0.2) is 0 Å². The van der Waals surface area contributed by atoms with Crippen molar-refractivity contribution in [2.75, 3.05) is 20.3 Å². The second kappa shape index (κ2) is 2.90. The third-order valence-electron chi connectivity index (χ3n) is 2.96. The number of ether oxygens (including phenoxy) is 1. The first-order chi connectivity index (χ1) is 6.10. The zero-order valence-corrected chi connectivity index (χ0v) is 7.80. The summed E-state index contributed by atoms with van der Waals surface area (Å²) in [7, 11) is 1.76. The van der Waals surface area contributed by atoms with Gasteiger partial charge in [0, 0.05) is 7.05 Å². The van der Waals surface area contributed by atoms with Gasteiger partial charge in [-0.15, -0.1) is 0 Å². The number of fused-ring (bicyclic) bond motifs is 2. The highest BCUT2D eigenvalue weighted by Crippen LogP contribution is 2.37. The molecule has 0 aromatic carbocycles. The Bertz CT molecular complexity index is 212. The highest BCUT2D eigenvalue weighted by Gasteiger charge is 2.58. The number of hydrogen-bond donors (Lipinski definition) is 2. The predicted molar refractivity (Wildman–Crippen MR) is 43.9 cm³/mol. The smallest absolute Gasteiger partial charge is 0.144 e. The number of likely N-dealkylation sites (N-methyl/N-ethyl adjacent to an activating group) is 1. The van der Waals surface area contributed by atoms with E-state index in [0.717, 1.165) is 0 Å².